The van der Waals surface area contributed by atoms with Gasteiger partial charge < -0.3 is 10.3 Å². The normalized spacial score (nSPS) is 10.7. The summed E-state index contributed by atoms with van der Waals surface area (Å²) >= 11 is 3.17. The lowest BCUT2D eigenvalue weighted by Gasteiger charge is -2.02. The number of thiazole rings is 1. The Hall–Kier alpha value is -1.34. The molecule has 0 aromatic carbocycles. The van der Waals surface area contributed by atoms with Crippen molar-refractivity contribution in [3.63, 3.8) is 0 Å². The predicted molar refractivity (Wildman–Crippen MR) is 84.7 cm³/mol. The number of hydrogen-bond donors (Lipinski definition) is 2. The lowest BCUT2D eigenvalue weighted by molar-refractivity contribution is 0.816. The third-order valence-corrected chi connectivity index (χ3v) is 4.57. The minimum Gasteiger partial charge on any atom is -0.362 e. The number of thioether (sulfide) groups is 1. The lowest BCUT2D eigenvalue weighted by atomic mass is 10.2. The number of anilines is 1. The maximum absolute atomic E-state index is 11.6. The number of rotatable bonds is 7. The molecule has 20 heavy (non-hydrogen) atoms. The first-order valence-electron chi connectivity index (χ1n) is 6.63. The van der Waals surface area contributed by atoms with Crippen LogP contribution in [0.25, 0.3) is 0 Å². The third kappa shape index (κ3) is 4.35. The maximum Gasteiger partial charge on any atom is 0.251 e. The molecule has 0 aliphatic heterocycles. The molecule has 0 spiro atoms. The summed E-state index contributed by atoms with van der Waals surface area (Å²) in [6, 6.07) is 1.57. The molecule has 0 bridgehead atoms. The lowest BCUT2D eigenvalue weighted by Crippen LogP contribution is -2.09. The number of aryl methyl sites for hydroxylation is 1. The Morgan fingerprint density at radius 1 is 1.45 bits per heavy atom. The van der Waals surface area contributed by atoms with E-state index in [1.807, 2.05) is 13.1 Å². The molecule has 0 saturated carbocycles. The van der Waals surface area contributed by atoms with Crippen molar-refractivity contribution in [2.24, 2.45) is 0 Å². The molecular weight excluding hydrogens is 292 g/mol. The van der Waals surface area contributed by atoms with Crippen LogP contribution in [0.15, 0.2) is 22.2 Å². The zero-order chi connectivity index (χ0) is 14.4. The van der Waals surface area contributed by atoms with Gasteiger partial charge in [-0.1, -0.05) is 25.1 Å². The first kappa shape index (κ1) is 15.1. The number of nitrogens with one attached hydrogen (secondary N) is 2. The maximum atomic E-state index is 11.6. The Morgan fingerprint density at radius 2 is 2.30 bits per heavy atom. The highest BCUT2D eigenvalue weighted by atomic mass is 32.2. The van der Waals surface area contributed by atoms with Gasteiger partial charge in [-0.25, -0.2) is 9.97 Å². The molecule has 0 saturated heterocycles. The Kier molecular flexibility index (Phi) is 5.60. The fourth-order valence-electron chi connectivity index (χ4n) is 1.68. The number of hydrogen-bond acceptors (Lipinski definition) is 6. The van der Waals surface area contributed by atoms with Crippen molar-refractivity contribution < 1.29 is 0 Å². The first-order valence-corrected chi connectivity index (χ1v) is 8.43. The van der Waals surface area contributed by atoms with Gasteiger partial charge >= 0.3 is 0 Å². The minimum absolute atomic E-state index is 0.0800. The molecule has 2 heterocycles. The number of aromatic amines is 1. The number of nitrogens with zero attached hydrogens (tertiary/aromatic N) is 2. The molecule has 0 fully saturated rings. The molecule has 0 amide bonds. The Morgan fingerprint density at radius 3 is 3.05 bits per heavy atom. The van der Waals surface area contributed by atoms with E-state index >= 15 is 0 Å². The van der Waals surface area contributed by atoms with Gasteiger partial charge in [-0.2, -0.15) is 0 Å². The zero-order valence-electron chi connectivity index (χ0n) is 11.6. The monoisotopic (exact) mass is 310 g/mol. The molecular formula is C13H18N4OS2. The van der Waals surface area contributed by atoms with Gasteiger partial charge in [-0.15, -0.1) is 11.3 Å². The third-order valence-electron chi connectivity index (χ3n) is 2.51. The average Bonchev–Trinajstić information content (AvgIpc) is 2.84. The molecule has 0 atom stereocenters. The van der Waals surface area contributed by atoms with Gasteiger partial charge in [0.2, 0.25) is 0 Å². The Bertz CT molecular complexity index is 608. The van der Waals surface area contributed by atoms with Crippen molar-refractivity contribution in [2.45, 2.75) is 37.6 Å². The van der Waals surface area contributed by atoms with Gasteiger partial charge in [0.05, 0.1) is 0 Å². The van der Waals surface area contributed by atoms with E-state index < -0.39 is 0 Å². The van der Waals surface area contributed by atoms with Crippen LogP contribution >= 0.6 is 23.1 Å². The van der Waals surface area contributed by atoms with Crippen LogP contribution in [-0.4, -0.2) is 21.5 Å². The van der Waals surface area contributed by atoms with E-state index in [1.165, 1.54) is 11.8 Å². The minimum atomic E-state index is -0.0800. The van der Waals surface area contributed by atoms with E-state index in [9.17, 15) is 4.79 Å². The van der Waals surface area contributed by atoms with E-state index in [-0.39, 0.29) is 5.56 Å². The molecule has 2 aromatic rings. The number of H-pyrrole nitrogens is 1. The summed E-state index contributed by atoms with van der Waals surface area (Å²) in [6.45, 7) is 4.99. The Balaban J connectivity index is 2.00. The van der Waals surface area contributed by atoms with Crippen LogP contribution in [0.4, 0.5) is 5.13 Å². The molecule has 2 rings (SSSR count). The highest BCUT2D eigenvalue weighted by Gasteiger charge is 2.05. The largest absolute Gasteiger partial charge is 0.362 e. The second-order valence-corrected chi connectivity index (χ2v) is 6.32. The first-order chi connectivity index (χ1) is 9.71. The summed E-state index contributed by atoms with van der Waals surface area (Å²) in [4.78, 5) is 24.2. The quantitative estimate of drug-likeness (QED) is 0.608. The molecule has 0 unspecified atom stereocenters. The smallest absolute Gasteiger partial charge is 0.251 e. The summed E-state index contributed by atoms with van der Waals surface area (Å²) in [5.41, 5.74) is 0.778. The van der Waals surface area contributed by atoms with Crippen LogP contribution in [0.3, 0.4) is 0 Å². The van der Waals surface area contributed by atoms with Gasteiger partial charge in [0.25, 0.3) is 5.56 Å². The van der Waals surface area contributed by atoms with Crippen molar-refractivity contribution in [1.29, 1.82) is 0 Å². The molecule has 2 N–H and O–H groups in total. The molecule has 108 valence electrons. The van der Waals surface area contributed by atoms with Crippen LogP contribution in [0.1, 0.15) is 30.8 Å². The van der Waals surface area contributed by atoms with Gasteiger partial charge in [0.1, 0.15) is 0 Å². The Labute approximate surface area is 126 Å². The van der Waals surface area contributed by atoms with E-state index in [4.69, 9.17) is 0 Å². The van der Waals surface area contributed by atoms with Crippen molar-refractivity contribution in [2.75, 3.05) is 11.9 Å². The van der Waals surface area contributed by atoms with E-state index in [2.05, 4.69) is 27.2 Å². The highest BCUT2D eigenvalue weighted by Crippen LogP contribution is 2.25. The molecule has 0 aliphatic rings. The van der Waals surface area contributed by atoms with Crippen LogP contribution in [0.5, 0.6) is 0 Å². The van der Waals surface area contributed by atoms with Crippen molar-refractivity contribution in [1.82, 2.24) is 15.0 Å². The van der Waals surface area contributed by atoms with Crippen molar-refractivity contribution in [3.8, 4) is 0 Å². The van der Waals surface area contributed by atoms with Crippen LogP contribution in [0, 0.1) is 0 Å². The van der Waals surface area contributed by atoms with E-state index in [0.717, 1.165) is 40.8 Å². The second-order valence-electron chi connectivity index (χ2n) is 4.24. The fourth-order valence-corrected chi connectivity index (χ4v) is 3.48. The summed E-state index contributed by atoms with van der Waals surface area (Å²) in [7, 11) is 0. The van der Waals surface area contributed by atoms with Gasteiger partial charge in [0.15, 0.2) is 10.3 Å². The fraction of sp³-hybridized carbons (Fsp3) is 0.462. The molecule has 0 aliphatic carbocycles. The topological polar surface area (TPSA) is 70.7 Å². The summed E-state index contributed by atoms with van der Waals surface area (Å²) in [6.07, 6.45) is 3.69. The highest BCUT2D eigenvalue weighted by molar-refractivity contribution is 7.98. The molecule has 2 aromatic heterocycles. The average molecular weight is 310 g/mol. The summed E-state index contributed by atoms with van der Waals surface area (Å²) in [5.74, 6) is 0.765. The van der Waals surface area contributed by atoms with Gasteiger partial charge in [-0.3, -0.25) is 4.79 Å². The van der Waals surface area contributed by atoms with Gasteiger partial charge in [-0.05, 0) is 13.3 Å². The van der Waals surface area contributed by atoms with Crippen LogP contribution in [0.2, 0.25) is 0 Å². The van der Waals surface area contributed by atoms with Gasteiger partial charge in [0, 0.05) is 35.1 Å². The molecule has 5 nitrogen and oxygen atoms in total. The van der Waals surface area contributed by atoms with Crippen molar-refractivity contribution >= 4 is 28.2 Å². The number of aromatic nitrogens is 3. The van der Waals surface area contributed by atoms with Crippen molar-refractivity contribution in [3.05, 3.63) is 33.2 Å². The summed E-state index contributed by atoms with van der Waals surface area (Å²) in [5, 5.41) is 4.80. The molecule has 0 radical (unpaired) electrons. The summed E-state index contributed by atoms with van der Waals surface area (Å²) < 4.78 is 0. The molecule has 7 heteroatoms. The van der Waals surface area contributed by atoms with Crippen LogP contribution < -0.4 is 10.9 Å². The SMILES string of the molecule is CCCc1cc(=O)[nH]c(SCc2cnc(NCC)s2)n1. The van der Waals surface area contributed by atoms with E-state index in [1.54, 1.807) is 17.4 Å². The zero-order valence-corrected chi connectivity index (χ0v) is 13.2. The standard InChI is InChI=1S/C13H18N4OS2/c1-3-5-9-6-11(18)17-13(16-9)19-8-10-7-15-12(20-10)14-4-2/h6-7H,3-5,8H2,1-2H3,(H,14,15)(H,16,17,18). The second kappa shape index (κ2) is 7.44. The van der Waals surface area contributed by atoms with E-state index in [0.29, 0.717) is 5.16 Å². The van der Waals surface area contributed by atoms with Crippen LogP contribution in [-0.2, 0) is 12.2 Å². The predicted octanol–water partition coefficient (Wildman–Crippen LogP) is 2.90.